The number of hydrazone groups is 1. The van der Waals surface area contributed by atoms with E-state index in [1.54, 1.807) is 25.1 Å². The molecule has 3 aromatic rings. The molecule has 1 N–H and O–H groups in total. The van der Waals surface area contributed by atoms with Crippen molar-refractivity contribution >= 4 is 45.3 Å². The van der Waals surface area contributed by atoms with Gasteiger partial charge in [0.2, 0.25) is 0 Å². The maximum Gasteiger partial charge on any atom is 0.335 e. The number of amides is 1. The summed E-state index contributed by atoms with van der Waals surface area (Å²) in [4.78, 5) is 24.3. The van der Waals surface area contributed by atoms with Gasteiger partial charge in [-0.05, 0) is 67.4 Å². The van der Waals surface area contributed by atoms with E-state index in [1.807, 2.05) is 49.4 Å². The number of carboxylic acids is 1. The SMILES string of the molecule is CCOc1cc(C=C2C(=O)N(c3ccc(C(=O)O)cc3)N=C2C)c(Br)cc1OCc1ccccc1. The number of hydrogen-bond donors (Lipinski definition) is 1. The Labute approximate surface area is 211 Å². The number of carbonyl (C=O) groups excluding carboxylic acids is 1. The van der Waals surface area contributed by atoms with Gasteiger partial charge in [-0.2, -0.15) is 10.1 Å². The van der Waals surface area contributed by atoms with Crippen LogP contribution in [-0.4, -0.2) is 29.3 Å². The first-order valence-corrected chi connectivity index (χ1v) is 11.7. The molecule has 1 aliphatic heterocycles. The number of carboxylic acid groups (broad SMARTS) is 1. The zero-order valence-corrected chi connectivity index (χ0v) is 20.8. The molecule has 7 nitrogen and oxygen atoms in total. The van der Waals surface area contributed by atoms with E-state index in [0.717, 1.165) is 15.6 Å². The van der Waals surface area contributed by atoms with Crippen molar-refractivity contribution < 1.29 is 24.2 Å². The van der Waals surface area contributed by atoms with Gasteiger partial charge < -0.3 is 14.6 Å². The highest BCUT2D eigenvalue weighted by molar-refractivity contribution is 9.10. The van der Waals surface area contributed by atoms with Crippen molar-refractivity contribution in [2.45, 2.75) is 20.5 Å². The Morgan fingerprint density at radius 3 is 2.40 bits per heavy atom. The number of aromatic carboxylic acids is 1. The summed E-state index contributed by atoms with van der Waals surface area (Å²) in [6.07, 6.45) is 1.75. The second-order valence-corrected chi connectivity index (χ2v) is 8.59. The number of halogens is 1. The van der Waals surface area contributed by atoms with Crippen molar-refractivity contribution in [3.63, 3.8) is 0 Å². The van der Waals surface area contributed by atoms with E-state index in [4.69, 9.17) is 14.6 Å². The van der Waals surface area contributed by atoms with Crippen LogP contribution in [0, 0.1) is 0 Å². The third kappa shape index (κ3) is 5.44. The molecule has 1 aliphatic rings. The van der Waals surface area contributed by atoms with Gasteiger partial charge in [0.15, 0.2) is 11.5 Å². The molecule has 0 spiro atoms. The van der Waals surface area contributed by atoms with Crippen molar-refractivity contribution in [2.24, 2.45) is 5.10 Å². The molecule has 178 valence electrons. The Bertz CT molecular complexity index is 1320. The van der Waals surface area contributed by atoms with Gasteiger partial charge in [0.05, 0.1) is 29.1 Å². The Morgan fingerprint density at radius 2 is 1.74 bits per heavy atom. The molecule has 0 atom stereocenters. The predicted molar refractivity (Wildman–Crippen MR) is 138 cm³/mol. The van der Waals surface area contributed by atoms with Crippen LogP contribution in [-0.2, 0) is 11.4 Å². The highest BCUT2D eigenvalue weighted by Crippen LogP contribution is 2.36. The Hall–Kier alpha value is -3.91. The van der Waals surface area contributed by atoms with Crippen molar-refractivity contribution in [1.82, 2.24) is 0 Å². The van der Waals surface area contributed by atoms with E-state index >= 15 is 0 Å². The maximum absolute atomic E-state index is 13.1. The van der Waals surface area contributed by atoms with Crippen LogP contribution < -0.4 is 14.5 Å². The minimum Gasteiger partial charge on any atom is -0.490 e. The molecule has 0 fully saturated rings. The topological polar surface area (TPSA) is 88.4 Å². The monoisotopic (exact) mass is 534 g/mol. The van der Waals surface area contributed by atoms with Crippen LogP contribution >= 0.6 is 15.9 Å². The summed E-state index contributed by atoms with van der Waals surface area (Å²) >= 11 is 3.59. The lowest BCUT2D eigenvalue weighted by Crippen LogP contribution is -2.21. The molecular weight excluding hydrogens is 512 g/mol. The van der Waals surface area contributed by atoms with E-state index in [0.29, 0.717) is 41.7 Å². The summed E-state index contributed by atoms with van der Waals surface area (Å²) in [6.45, 7) is 4.50. The fraction of sp³-hybridized carbons (Fsp3) is 0.148. The standard InChI is InChI=1S/C27H23BrN2O5/c1-3-34-24-14-20(23(28)15-25(24)35-16-18-7-5-4-6-8-18)13-22-17(2)29-30(26(22)31)21-11-9-19(10-12-21)27(32)33/h4-15H,3,16H2,1-2H3,(H,32,33). The lowest BCUT2D eigenvalue weighted by atomic mass is 10.1. The third-order valence-electron chi connectivity index (χ3n) is 5.32. The molecule has 0 aliphatic carbocycles. The van der Waals surface area contributed by atoms with Gasteiger partial charge in [0.25, 0.3) is 5.91 Å². The van der Waals surface area contributed by atoms with E-state index in [1.165, 1.54) is 17.1 Å². The zero-order valence-electron chi connectivity index (χ0n) is 19.2. The molecule has 1 amide bonds. The van der Waals surface area contributed by atoms with Crippen LogP contribution in [0.15, 0.2) is 81.9 Å². The number of anilines is 1. The number of rotatable bonds is 8. The number of nitrogens with zero attached hydrogens (tertiary/aromatic N) is 2. The van der Waals surface area contributed by atoms with E-state index in [2.05, 4.69) is 21.0 Å². The summed E-state index contributed by atoms with van der Waals surface area (Å²) < 4.78 is 12.6. The van der Waals surface area contributed by atoms with Crippen LogP contribution in [0.2, 0.25) is 0 Å². The van der Waals surface area contributed by atoms with Gasteiger partial charge in [0.1, 0.15) is 6.61 Å². The molecule has 0 saturated carbocycles. The van der Waals surface area contributed by atoms with Crippen molar-refractivity contribution in [2.75, 3.05) is 11.6 Å². The van der Waals surface area contributed by atoms with Crippen LogP contribution in [0.4, 0.5) is 5.69 Å². The average Bonchev–Trinajstić information content (AvgIpc) is 3.14. The molecule has 0 radical (unpaired) electrons. The van der Waals surface area contributed by atoms with Crippen molar-refractivity contribution in [3.05, 3.63) is 93.5 Å². The molecule has 0 unspecified atom stereocenters. The molecule has 4 rings (SSSR count). The lowest BCUT2D eigenvalue weighted by molar-refractivity contribution is -0.114. The summed E-state index contributed by atoms with van der Waals surface area (Å²) in [7, 11) is 0. The molecule has 3 aromatic carbocycles. The number of carbonyl (C=O) groups is 2. The van der Waals surface area contributed by atoms with Crippen molar-refractivity contribution in [3.8, 4) is 11.5 Å². The van der Waals surface area contributed by atoms with Gasteiger partial charge in [-0.25, -0.2) is 4.79 Å². The summed E-state index contributed by atoms with van der Waals surface area (Å²) in [5.74, 6) is -0.178. The zero-order chi connectivity index (χ0) is 24.9. The van der Waals surface area contributed by atoms with Gasteiger partial charge in [0, 0.05) is 4.47 Å². The molecule has 0 bridgehead atoms. The van der Waals surface area contributed by atoms with Gasteiger partial charge >= 0.3 is 5.97 Å². The summed E-state index contributed by atoms with van der Waals surface area (Å²) in [6, 6.07) is 19.5. The van der Waals surface area contributed by atoms with Crippen LogP contribution in [0.3, 0.4) is 0 Å². The largest absolute Gasteiger partial charge is 0.490 e. The Kier molecular flexibility index (Phi) is 7.31. The van der Waals surface area contributed by atoms with Crippen LogP contribution in [0.5, 0.6) is 11.5 Å². The smallest absolute Gasteiger partial charge is 0.335 e. The fourth-order valence-corrected chi connectivity index (χ4v) is 3.97. The summed E-state index contributed by atoms with van der Waals surface area (Å²) in [5, 5.41) is 14.7. The highest BCUT2D eigenvalue weighted by Gasteiger charge is 2.29. The van der Waals surface area contributed by atoms with Gasteiger partial charge in [-0.1, -0.05) is 46.3 Å². The molecule has 8 heteroatoms. The molecule has 1 heterocycles. The molecule has 0 aromatic heterocycles. The average molecular weight is 535 g/mol. The Balaban J connectivity index is 1.60. The Morgan fingerprint density at radius 1 is 1.06 bits per heavy atom. The van der Waals surface area contributed by atoms with E-state index in [-0.39, 0.29) is 11.5 Å². The molecular formula is C27H23BrN2O5. The summed E-state index contributed by atoms with van der Waals surface area (Å²) in [5.41, 5.74) is 3.37. The normalized spacial score (nSPS) is 14.3. The lowest BCUT2D eigenvalue weighted by Gasteiger charge is -2.15. The van der Waals surface area contributed by atoms with Gasteiger partial charge in [-0.3, -0.25) is 4.79 Å². The first-order valence-electron chi connectivity index (χ1n) is 11.0. The number of hydrogen-bond acceptors (Lipinski definition) is 5. The van der Waals surface area contributed by atoms with E-state index < -0.39 is 5.97 Å². The number of benzene rings is 3. The molecule has 0 saturated heterocycles. The first-order chi connectivity index (χ1) is 16.9. The van der Waals surface area contributed by atoms with Crippen molar-refractivity contribution in [1.29, 1.82) is 0 Å². The maximum atomic E-state index is 13.1. The fourth-order valence-electron chi connectivity index (χ4n) is 3.54. The van der Waals surface area contributed by atoms with Gasteiger partial charge in [-0.15, -0.1) is 0 Å². The van der Waals surface area contributed by atoms with Crippen LogP contribution in [0.25, 0.3) is 6.08 Å². The first kappa shape index (κ1) is 24.2. The minimum atomic E-state index is -1.03. The van der Waals surface area contributed by atoms with Crippen LogP contribution in [0.1, 0.15) is 35.3 Å². The predicted octanol–water partition coefficient (Wildman–Crippen LogP) is 5.93. The molecule has 35 heavy (non-hydrogen) atoms. The quantitative estimate of drug-likeness (QED) is 0.361. The minimum absolute atomic E-state index is 0.138. The van der Waals surface area contributed by atoms with E-state index in [9.17, 15) is 9.59 Å². The second kappa shape index (κ2) is 10.6. The highest BCUT2D eigenvalue weighted by atomic mass is 79.9. The third-order valence-corrected chi connectivity index (χ3v) is 6.01. The number of ether oxygens (including phenoxy) is 2. The second-order valence-electron chi connectivity index (χ2n) is 7.74.